The summed E-state index contributed by atoms with van der Waals surface area (Å²) in [4.78, 5) is 0. The summed E-state index contributed by atoms with van der Waals surface area (Å²) < 4.78 is 0. The average molecular weight is 257 g/mol. The Bertz CT molecular complexity index is 114. The predicted octanol–water partition coefficient (Wildman–Crippen LogP) is 3.25. The molecule has 0 saturated heterocycles. The average Bonchev–Trinajstić information content (AvgIpc) is 1.82. The molecule has 0 N–H and O–H groups in total. The Kier molecular flexibility index (Phi) is 6.06. The molecule has 0 aliphatic heterocycles. The SMILES string of the molecule is CC(S)C(C(C)S)(C(C)S)C(C)S. The Morgan fingerprint density at radius 2 is 0.769 bits per heavy atom. The molecule has 80 valence electrons. The van der Waals surface area contributed by atoms with E-state index in [0.717, 1.165) is 0 Å². The van der Waals surface area contributed by atoms with E-state index in [1.807, 2.05) is 0 Å². The first-order valence-corrected chi connectivity index (χ1v) is 6.56. The molecule has 0 spiro atoms. The molecule has 0 aromatic heterocycles. The molecule has 0 aromatic carbocycles. The van der Waals surface area contributed by atoms with Crippen LogP contribution in [-0.4, -0.2) is 21.0 Å². The minimum absolute atomic E-state index is 0.0432. The van der Waals surface area contributed by atoms with Gasteiger partial charge in [-0.25, -0.2) is 0 Å². The van der Waals surface area contributed by atoms with E-state index >= 15 is 0 Å². The zero-order valence-corrected chi connectivity index (χ0v) is 12.2. The number of hydrogen-bond acceptors (Lipinski definition) is 4. The van der Waals surface area contributed by atoms with E-state index in [0.29, 0.717) is 0 Å². The largest absolute Gasteiger partial charge is 0.176 e. The number of thiol groups is 4. The van der Waals surface area contributed by atoms with Crippen LogP contribution in [0.1, 0.15) is 27.7 Å². The third-order valence-electron chi connectivity index (χ3n) is 2.89. The van der Waals surface area contributed by atoms with E-state index in [2.05, 4.69) is 78.2 Å². The van der Waals surface area contributed by atoms with E-state index < -0.39 is 0 Å². The molecule has 0 bridgehead atoms. The van der Waals surface area contributed by atoms with E-state index in [1.165, 1.54) is 0 Å². The zero-order valence-electron chi connectivity index (χ0n) is 8.60. The lowest BCUT2D eigenvalue weighted by molar-refractivity contribution is 0.284. The van der Waals surface area contributed by atoms with Gasteiger partial charge in [0.2, 0.25) is 0 Å². The third-order valence-corrected chi connectivity index (χ3v) is 4.68. The number of hydrogen-bond donors (Lipinski definition) is 4. The fraction of sp³-hybridized carbons (Fsp3) is 1.00. The van der Waals surface area contributed by atoms with Gasteiger partial charge in [-0.2, -0.15) is 50.5 Å². The fourth-order valence-corrected chi connectivity index (χ4v) is 5.48. The van der Waals surface area contributed by atoms with Crippen molar-refractivity contribution in [3.05, 3.63) is 0 Å². The monoisotopic (exact) mass is 256 g/mol. The van der Waals surface area contributed by atoms with Gasteiger partial charge in [0.05, 0.1) is 0 Å². The van der Waals surface area contributed by atoms with E-state index in [9.17, 15) is 0 Å². The Hall–Kier alpha value is 1.40. The highest BCUT2D eigenvalue weighted by Crippen LogP contribution is 2.44. The predicted molar refractivity (Wildman–Crippen MR) is 76.2 cm³/mol. The van der Waals surface area contributed by atoms with Crippen molar-refractivity contribution in [2.24, 2.45) is 5.41 Å². The Balaban J connectivity index is 5.06. The Labute approximate surface area is 104 Å². The summed E-state index contributed by atoms with van der Waals surface area (Å²) in [6, 6.07) is 0. The minimum Gasteiger partial charge on any atom is -0.176 e. The molecule has 0 aliphatic carbocycles. The van der Waals surface area contributed by atoms with Crippen LogP contribution in [0, 0.1) is 5.41 Å². The van der Waals surface area contributed by atoms with Crippen molar-refractivity contribution in [1.82, 2.24) is 0 Å². The lowest BCUT2D eigenvalue weighted by atomic mass is 9.75. The van der Waals surface area contributed by atoms with Gasteiger partial charge in [-0.1, -0.05) is 27.7 Å². The molecule has 0 aliphatic rings. The van der Waals surface area contributed by atoms with Crippen LogP contribution in [0.3, 0.4) is 0 Å². The van der Waals surface area contributed by atoms with Gasteiger partial charge in [-0.15, -0.1) is 0 Å². The van der Waals surface area contributed by atoms with Crippen molar-refractivity contribution in [2.75, 3.05) is 0 Å². The zero-order chi connectivity index (χ0) is 10.8. The second kappa shape index (κ2) is 5.47. The second-order valence-corrected chi connectivity index (χ2v) is 6.80. The molecule has 0 aromatic rings. The normalized spacial score (nSPS) is 25.8. The molecule has 0 nitrogen and oxygen atoms in total. The molecule has 0 saturated carbocycles. The smallest absolute Gasteiger partial charge is 0.0157 e. The van der Waals surface area contributed by atoms with Crippen molar-refractivity contribution < 1.29 is 0 Å². The minimum atomic E-state index is -0.0432. The first-order valence-electron chi connectivity index (χ1n) is 4.50. The van der Waals surface area contributed by atoms with Crippen LogP contribution in [0.5, 0.6) is 0 Å². The molecule has 0 radical (unpaired) electrons. The van der Waals surface area contributed by atoms with E-state index in [-0.39, 0.29) is 26.4 Å². The first kappa shape index (κ1) is 14.4. The summed E-state index contributed by atoms with van der Waals surface area (Å²) in [5.41, 5.74) is -0.0432. The highest BCUT2D eigenvalue weighted by molar-refractivity contribution is 7.84. The summed E-state index contributed by atoms with van der Waals surface area (Å²) in [5.74, 6) is 0. The van der Waals surface area contributed by atoms with Crippen LogP contribution in [0.2, 0.25) is 0 Å². The molecule has 0 fully saturated rings. The van der Waals surface area contributed by atoms with Gasteiger partial charge in [-0.05, 0) is 0 Å². The highest BCUT2D eigenvalue weighted by Gasteiger charge is 2.45. The van der Waals surface area contributed by atoms with Gasteiger partial charge in [-0.3, -0.25) is 0 Å². The lowest BCUT2D eigenvalue weighted by Crippen LogP contribution is -2.50. The van der Waals surface area contributed by atoms with Crippen LogP contribution < -0.4 is 0 Å². The quantitative estimate of drug-likeness (QED) is 0.545. The topological polar surface area (TPSA) is 0 Å². The summed E-state index contributed by atoms with van der Waals surface area (Å²) in [6.07, 6.45) is 0. The van der Waals surface area contributed by atoms with Gasteiger partial charge in [0.25, 0.3) is 0 Å². The van der Waals surface area contributed by atoms with Crippen molar-refractivity contribution in [3.63, 3.8) is 0 Å². The molecule has 0 amide bonds. The highest BCUT2D eigenvalue weighted by atomic mass is 32.1. The second-order valence-electron chi connectivity index (χ2n) is 3.70. The lowest BCUT2D eigenvalue weighted by Gasteiger charge is -2.46. The van der Waals surface area contributed by atoms with Crippen molar-refractivity contribution in [2.45, 2.75) is 48.7 Å². The summed E-state index contributed by atoms with van der Waals surface area (Å²) in [5, 5.41) is 0.944. The molecule has 0 rings (SSSR count). The maximum absolute atomic E-state index is 4.55. The van der Waals surface area contributed by atoms with E-state index in [1.54, 1.807) is 0 Å². The van der Waals surface area contributed by atoms with Crippen molar-refractivity contribution in [1.29, 1.82) is 0 Å². The number of rotatable bonds is 4. The molecule has 4 unspecified atom stereocenters. The van der Waals surface area contributed by atoms with Crippen LogP contribution in [0.4, 0.5) is 0 Å². The molecule has 13 heavy (non-hydrogen) atoms. The van der Waals surface area contributed by atoms with Crippen LogP contribution >= 0.6 is 50.5 Å². The van der Waals surface area contributed by atoms with E-state index in [4.69, 9.17) is 0 Å². The van der Waals surface area contributed by atoms with Crippen LogP contribution in [0.25, 0.3) is 0 Å². The van der Waals surface area contributed by atoms with Gasteiger partial charge in [0.15, 0.2) is 0 Å². The van der Waals surface area contributed by atoms with Crippen molar-refractivity contribution in [3.8, 4) is 0 Å². The summed E-state index contributed by atoms with van der Waals surface area (Å²) in [6.45, 7) is 8.37. The van der Waals surface area contributed by atoms with Gasteiger partial charge < -0.3 is 0 Å². The summed E-state index contributed by atoms with van der Waals surface area (Å²) >= 11 is 18.2. The Morgan fingerprint density at radius 3 is 0.769 bits per heavy atom. The molecular weight excluding hydrogens is 236 g/mol. The Morgan fingerprint density at radius 1 is 0.615 bits per heavy atom. The van der Waals surface area contributed by atoms with Gasteiger partial charge in [0, 0.05) is 26.4 Å². The molecular formula is C9H20S4. The fourth-order valence-electron chi connectivity index (χ4n) is 2.09. The summed E-state index contributed by atoms with van der Waals surface area (Å²) in [7, 11) is 0. The molecule has 4 heteroatoms. The van der Waals surface area contributed by atoms with Crippen LogP contribution in [0.15, 0.2) is 0 Å². The van der Waals surface area contributed by atoms with Gasteiger partial charge in [0.1, 0.15) is 0 Å². The maximum Gasteiger partial charge on any atom is 0.0157 e. The third kappa shape index (κ3) is 2.70. The van der Waals surface area contributed by atoms with Crippen molar-refractivity contribution >= 4 is 50.5 Å². The van der Waals surface area contributed by atoms with Gasteiger partial charge >= 0.3 is 0 Å². The first-order chi connectivity index (χ1) is 5.77. The maximum atomic E-state index is 4.55. The van der Waals surface area contributed by atoms with Crippen LogP contribution in [-0.2, 0) is 0 Å². The molecule has 0 heterocycles. The standard InChI is InChI=1S/C9H20S4/c1-5(10)9(6(2)11,7(3)12)8(4)13/h5-8,10-13H,1-4H3. The molecule has 4 atom stereocenters.